The normalized spacial score (nSPS) is 16.7. The molecule has 17 heteroatoms. The first kappa shape index (κ1) is 38.2. The maximum absolute atomic E-state index is 13.3. The van der Waals surface area contributed by atoms with Gasteiger partial charge in [0.1, 0.15) is 43.5 Å². The lowest BCUT2D eigenvalue weighted by molar-refractivity contribution is -0.145. The summed E-state index contributed by atoms with van der Waals surface area (Å²) < 4.78 is 4.66. The molecule has 0 aromatic carbocycles. The van der Waals surface area contributed by atoms with E-state index in [2.05, 4.69) is 31.3 Å². The Hall–Kier alpha value is -3.77. The topological polar surface area (TPSA) is 269 Å². The molecular formula is C25H40N6O11. The Morgan fingerprint density at radius 3 is 1.74 bits per heavy atom. The van der Waals surface area contributed by atoms with Crippen molar-refractivity contribution in [3.05, 3.63) is 0 Å². The molecule has 0 saturated heterocycles. The van der Waals surface area contributed by atoms with Crippen molar-refractivity contribution in [3.8, 4) is 0 Å². The molecule has 0 bridgehead atoms. The monoisotopic (exact) mass is 600 g/mol. The predicted molar refractivity (Wildman–Crippen MR) is 145 cm³/mol. The molecular weight excluding hydrogens is 560 g/mol. The standard InChI is InChI=1S/C25H40N6O11/c1-13(9-32)27-17(7-19(36)22(26)29-15(3)11-34)24(40)31-23(30-16(12-35)5-6-21(38)39)20(37)8-18(25(41)42-4)28-14(2)10-33/h9-18,22-23,27-30H,5-8,26H2,1-4H3,(H,31,40)(H,38,39)/t13-,14-,15-,16-,17+,18+,22-,23+/m0/s1. The van der Waals surface area contributed by atoms with Crippen LogP contribution in [0.25, 0.3) is 0 Å². The molecule has 0 rings (SSSR count). The number of carbonyl (C=O) groups excluding carboxylic acids is 8. The molecule has 42 heavy (non-hydrogen) atoms. The van der Waals surface area contributed by atoms with Gasteiger partial charge >= 0.3 is 11.9 Å². The molecule has 0 aromatic heterocycles. The number of carboxylic acids is 1. The largest absolute Gasteiger partial charge is 0.481 e. The van der Waals surface area contributed by atoms with Crippen LogP contribution in [-0.4, -0.2) is 115 Å². The number of nitrogens with two attached hydrogens (primary N) is 1. The van der Waals surface area contributed by atoms with E-state index >= 15 is 0 Å². The van der Waals surface area contributed by atoms with Crippen LogP contribution in [0.3, 0.4) is 0 Å². The zero-order chi connectivity index (χ0) is 32.4. The molecule has 0 radical (unpaired) electrons. The van der Waals surface area contributed by atoms with E-state index in [0.717, 1.165) is 7.11 Å². The van der Waals surface area contributed by atoms with Gasteiger partial charge < -0.3 is 40.1 Å². The highest BCUT2D eigenvalue weighted by atomic mass is 16.5. The second kappa shape index (κ2) is 20.2. The zero-order valence-corrected chi connectivity index (χ0v) is 23.9. The van der Waals surface area contributed by atoms with Gasteiger partial charge in [0.2, 0.25) is 5.91 Å². The number of rotatable bonds is 24. The molecule has 0 aliphatic rings. The lowest BCUT2D eigenvalue weighted by Gasteiger charge is -2.28. The summed E-state index contributed by atoms with van der Waals surface area (Å²) in [5, 5.41) is 21.5. The van der Waals surface area contributed by atoms with Crippen LogP contribution in [0.15, 0.2) is 0 Å². The summed E-state index contributed by atoms with van der Waals surface area (Å²) in [6.45, 7) is 4.25. The highest BCUT2D eigenvalue weighted by Gasteiger charge is 2.33. The average molecular weight is 601 g/mol. The Bertz CT molecular complexity index is 979. The minimum Gasteiger partial charge on any atom is -0.481 e. The molecule has 0 heterocycles. The molecule has 0 spiro atoms. The number of hydrogen-bond donors (Lipinski definition) is 7. The summed E-state index contributed by atoms with van der Waals surface area (Å²) in [5.74, 6) is -4.73. The number of esters is 1. The van der Waals surface area contributed by atoms with Crippen LogP contribution in [0.5, 0.6) is 0 Å². The van der Waals surface area contributed by atoms with Gasteiger partial charge in [0.05, 0.1) is 37.3 Å². The molecule has 8 N–H and O–H groups in total. The second-order valence-corrected chi connectivity index (χ2v) is 9.50. The Morgan fingerprint density at radius 1 is 0.762 bits per heavy atom. The lowest BCUT2D eigenvalue weighted by Crippen LogP contribution is -2.61. The number of hydrogen-bond acceptors (Lipinski definition) is 15. The van der Waals surface area contributed by atoms with E-state index in [1.54, 1.807) is 0 Å². The lowest BCUT2D eigenvalue weighted by atomic mass is 10.0. The fourth-order valence-corrected chi connectivity index (χ4v) is 3.50. The molecule has 0 fully saturated rings. The average Bonchev–Trinajstić information content (AvgIpc) is 2.96. The van der Waals surface area contributed by atoms with Crippen molar-refractivity contribution in [2.45, 2.75) is 95.0 Å². The first-order chi connectivity index (χ1) is 19.7. The smallest absolute Gasteiger partial charge is 0.323 e. The van der Waals surface area contributed by atoms with Crippen LogP contribution in [0.4, 0.5) is 0 Å². The highest BCUT2D eigenvalue weighted by Crippen LogP contribution is 2.06. The highest BCUT2D eigenvalue weighted by molar-refractivity contribution is 5.96. The number of Topliss-reactive ketones (excluding diaryl/α,β-unsaturated/α-hetero) is 2. The third-order valence-electron chi connectivity index (χ3n) is 5.77. The number of amides is 1. The molecule has 0 aliphatic carbocycles. The van der Waals surface area contributed by atoms with E-state index in [0.29, 0.717) is 25.1 Å². The number of ether oxygens (including phenoxy) is 1. The third-order valence-corrected chi connectivity index (χ3v) is 5.77. The SMILES string of the molecule is COC(=O)[C@@H](CC(=O)[C@@H](NC(=O)[C@@H](CC(=O)[C@@H](N)N[C@@H](C)C=O)N[C@@H](C)C=O)N[C@H](C=O)CCC(=O)O)N[C@@H](C)C=O. The summed E-state index contributed by atoms with van der Waals surface area (Å²) in [5.41, 5.74) is 5.77. The first-order valence-corrected chi connectivity index (χ1v) is 13.0. The van der Waals surface area contributed by atoms with E-state index in [1.807, 2.05) is 0 Å². The van der Waals surface area contributed by atoms with Crippen LogP contribution >= 0.6 is 0 Å². The number of carbonyl (C=O) groups is 9. The third kappa shape index (κ3) is 14.7. The van der Waals surface area contributed by atoms with Crippen LogP contribution < -0.4 is 32.3 Å². The Labute approximate surface area is 242 Å². The van der Waals surface area contributed by atoms with Crippen molar-refractivity contribution >= 4 is 54.6 Å². The number of aliphatic carboxylic acids is 1. The molecule has 8 atom stereocenters. The van der Waals surface area contributed by atoms with Gasteiger partial charge in [-0.2, -0.15) is 0 Å². The van der Waals surface area contributed by atoms with Crippen molar-refractivity contribution in [2.75, 3.05) is 7.11 Å². The van der Waals surface area contributed by atoms with Gasteiger partial charge in [0.25, 0.3) is 0 Å². The van der Waals surface area contributed by atoms with Gasteiger partial charge in [-0.25, -0.2) is 0 Å². The van der Waals surface area contributed by atoms with Crippen molar-refractivity contribution in [2.24, 2.45) is 5.73 Å². The molecule has 1 amide bonds. The Kier molecular flexibility index (Phi) is 18.4. The molecule has 17 nitrogen and oxygen atoms in total. The van der Waals surface area contributed by atoms with Crippen LogP contribution in [0, 0.1) is 0 Å². The van der Waals surface area contributed by atoms with Gasteiger partial charge in [0, 0.05) is 19.3 Å². The maximum atomic E-state index is 13.3. The minimum atomic E-state index is -1.70. The molecule has 236 valence electrons. The quantitative estimate of drug-likeness (QED) is 0.0317. The van der Waals surface area contributed by atoms with Crippen LogP contribution in [0.2, 0.25) is 0 Å². The second-order valence-electron chi connectivity index (χ2n) is 9.50. The summed E-state index contributed by atoms with van der Waals surface area (Å²) in [6.07, 6.45) is -3.26. The summed E-state index contributed by atoms with van der Waals surface area (Å²) >= 11 is 0. The van der Waals surface area contributed by atoms with E-state index in [4.69, 9.17) is 10.8 Å². The first-order valence-electron chi connectivity index (χ1n) is 13.0. The van der Waals surface area contributed by atoms with E-state index in [1.165, 1.54) is 20.8 Å². The summed E-state index contributed by atoms with van der Waals surface area (Å²) in [4.78, 5) is 107. The van der Waals surface area contributed by atoms with Gasteiger partial charge in [-0.15, -0.1) is 0 Å². The molecule has 0 aliphatic heterocycles. The number of aldehydes is 4. The fourth-order valence-electron chi connectivity index (χ4n) is 3.50. The molecule has 0 aromatic rings. The van der Waals surface area contributed by atoms with E-state index < -0.39 is 97.3 Å². The minimum absolute atomic E-state index is 0.267. The maximum Gasteiger partial charge on any atom is 0.323 e. The fraction of sp³-hybridized carbons (Fsp3) is 0.640. The zero-order valence-electron chi connectivity index (χ0n) is 23.9. The number of nitrogens with one attached hydrogen (secondary N) is 5. The van der Waals surface area contributed by atoms with Gasteiger partial charge in [0.15, 0.2) is 11.6 Å². The predicted octanol–water partition coefficient (Wildman–Crippen LogP) is -3.91. The van der Waals surface area contributed by atoms with Crippen molar-refractivity contribution in [1.82, 2.24) is 26.6 Å². The van der Waals surface area contributed by atoms with Crippen LogP contribution in [0.1, 0.15) is 46.5 Å². The Morgan fingerprint density at radius 2 is 1.26 bits per heavy atom. The summed E-state index contributed by atoms with van der Waals surface area (Å²) in [6, 6.07) is -6.61. The molecule has 0 saturated carbocycles. The van der Waals surface area contributed by atoms with Gasteiger partial charge in [-0.3, -0.25) is 45.2 Å². The number of ketones is 2. The van der Waals surface area contributed by atoms with Gasteiger partial charge in [-0.1, -0.05) is 0 Å². The van der Waals surface area contributed by atoms with E-state index in [-0.39, 0.29) is 6.42 Å². The van der Waals surface area contributed by atoms with Crippen molar-refractivity contribution < 1.29 is 53.0 Å². The summed E-state index contributed by atoms with van der Waals surface area (Å²) in [7, 11) is 1.05. The number of carboxylic acid groups (broad SMARTS) is 1. The van der Waals surface area contributed by atoms with Gasteiger partial charge in [-0.05, 0) is 27.2 Å². The van der Waals surface area contributed by atoms with Crippen molar-refractivity contribution in [3.63, 3.8) is 0 Å². The Balaban J connectivity index is 6.17. The van der Waals surface area contributed by atoms with Crippen molar-refractivity contribution in [1.29, 1.82) is 0 Å². The van der Waals surface area contributed by atoms with Crippen LogP contribution in [-0.2, 0) is 47.9 Å². The van der Waals surface area contributed by atoms with E-state index in [9.17, 15) is 43.2 Å². The number of methoxy groups -OCH3 is 1. The molecule has 0 unspecified atom stereocenters.